The highest BCUT2D eigenvalue weighted by Crippen LogP contribution is 2.11. The molecule has 0 bridgehead atoms. The highest BCUT2D eigenvalue weighted by atomic mass is 35.5. The standard InChI is InChI=1S/C7H7Cl.C5H13N.3C2H6/c1-6-4-2-3-5-7(6)8;1-4-6(3)5-2;3*1-2/h2-5H,1H3;4-5H2,1-3H3;3*1-2H3. The Morgan fingerprint density at radius 2 is 1.20 bits per heavy atom. The van der Waals surface area contributed by atoms with Gasteiger partial charge in [-0.15, -0.1) is 0 Å². The van der Waals surface area contributed by atoms with Gasteiger partial charge in [0.15, 0.2) is 0 Å². The fraction of sp³-hybridized carbons (Fsp3) is 0.667. The highest BCUT2D eigenvalue weighted by molar-refractivity contribution is 6.31. The predicted octanol–water partition coefficient (Wildman–Crippen LogP) is 6.69. The zero-order chi connectivity index (χ0) is 17.0. The van der Waals surface area contributed by atoms with Gasteiger partial charge in [0, 0.05) is 5.02 Å². The van der Waals surface area contributed by atoms with E-state index in [9.17, 15) is 0 Å². The van der Waals surface area contributed by atoms with Gasteiger partial charge >= 0.3 is 0 Å². The van der Waals surface area contributed by atoms with E-state index in [0.29, 0.717) is 0 Å². The van der Waals surface area contributed by atoms with E-state index in [0.717, 1.165) is 23.7 Å². The van der Waals surface area contributed by atoms with Gasteiger partial charge in [-0.2, -0.15) is 0 Å². The van der Waals surface area contributed by atoms with Crippen LogP contribution in [-0.4, -0.2) is 25.0 Å². The van der Waals surface area contributed by atoms with Crippen molar-refractivity contribution in [2.24, 2.45) is 0 Å². The second kappa shape index (κ2) is 26.9. The lowest BCUT2D eigenvalue weighted by atomic mass is 10.2. The molecule has 1 nitrogen and oxygen atoms in total. The van der Waals surface area contributed by atoms with Crippen LogP contribution in [0.4, 0.5) is 0 Å². The third-order valence-corrected chi connectivity index (χ3v) is 2.58. The molecule has 20 heavy (non-hydrogen) atoms. The molecule has 0 aliphatic carbocycles. The summed E-state index contributed by atoms with van der Waals surface area (Å²) >= 11 is 5.71. The molecule has 1 aromatic rings. The SMILES string of the molecule is CC.CC.CC.CCN(C)CC.Cc1ccccc1Cl. The van der Waals surface area contributed by atoms with Crippen LogP contribution in [0, 0.1) is 6.92 Å². The quantitative estimate of drug-likeness (QED) is 0.588. The molecule has 0 unspecified atom stereocenters. The van der Waals surface area contributed by atoms with Gasteiger partial charge in [-0.3, -0.25) is 0 Å². The van der Waals surface area contributed by atoms with Crippen LogP contribution in [0.2, 0.25) is 5.02 Å². The molecular formula is C18H38ClN. The number of hydrogen-bond acceptors (Lipinski definition) is 1. The maximum absolute atomic E-state index is 5.71. The average molecular weight is 304 g/mol. The summed E-state index contributed by atoms with van der Waals surface area (Å²) in [7, 11) is 2.11. The minimum absolute atomic E-state index is 0.840. The van der Waals surface area contributed by atoms with Crippen LogP contribution in [-0.2, 0) is 0 Å². The Labute approximate surface area is 134 Å². The molecule has 0 aromatic heterocycles. The lowest BCUT2D eigenvalue weighted by Gasteiger charge is -2.07. The van der Waals surface area contributed by atoms with Gasteiger partial charge in [0.1, 0.15) is 0 Å². The third-order valence-electron chi connectivity index (χ3n) is 2.16. The van der Waals surface area contributed by atoms with Crippen molar-refractivity contribution >= 4 is 11.6 Å². The fourth-order valence-electron chi connectivity index (χ4n) is 0.775. The number of benzene rings is 1. The molecule has 0 aliphatic rings. The predicted molar refractivity (Wildman–Crippen MR) is 99.1 cm³/mol. The molecule has 0 saturated carbocycles. The minimum atomic E-state index is 0.840. The Morgan fingerprint density at radius 3 is 1.35 bits per heavy atom. The van der Waals surface area contributed by atoms with E-state index < -0.39 is 0 Å². The van der Waals surface area contributed by atoms with Gasteiger partial charge in [0.25, 0.3) is 0 Å². The lowest BCUT2D eigenvalue weighted by molar-refractivity contribution is 0.373. The van der Waals surface area contributed by atoms with Crippen LogP contribution in [0.1, 0.15) is 61.0 Å². The first-order valence-corrected chi connectivity index (χ1v) is 8.39. The number of aryl methyl sites for hydroxylation is 1. The van der Waals surface area contributed by atoms with E-state index in [1.165, 1.54) is 0 Å². The van der Waals surface area contributed by atoms with Crippen molar-refractivity contribution in [2.75, 3.05) is 20.1 Å². The van der Waals surface area contributed by atoms with Crippen LogP contribution in [0.25, 0.3) is 0 Å². The second-order valence-corrected chi connectivity index (χ2v) is 3.64. The Balaban J connectivity index is -0.0000000952. The maximum atomic E-state index is 5.71. The normalized spacial score (nSPS) is 7.60. The molecule has 0 heterocycles. The summed E-state index contributed by atoms with van der Waals surface area (Å²) in [6.07, 6.45) is 0. The zero-order valence-corrected chi connectivity index (χ0v) is 16.3. The van der Waals surface area contributed by atoms with Gasteiger partial charge in [0.05, 0.1) is 0 Å². The molecule has 122 valence electrons. The molecule has 0 N–H and O–H groups in total. The van der Waals surface area contributed by atoms with Gasteiger partial charge in [-0.05, 0) is 38.7 Å². The maximum Gasteiger partial charge on any atom is 0.0435 e. The average Bonchev–Trinajstić information content (AvgIpc) is 2.56. The lowest BCUT2D eigenvalue weighted by Crippen LogP contribution is -2.15. The highest BCUT2D eigenvalue weighted by Gasteiger charge is 1.86. The zero-order valence-electron chi connectivity index (χ0n) is 15.5. The first kappa shape index (κ1) is 27.8. The van der Waals surface area contributed by atoms with Crippen molar-refractivity contribution in [2.45, 2.75) is 62.3 Å². The van der Waals surface area contributed by atoms with Gasteiger partial charge in [-0.1, -0.05) is 85.2 Å². The first-order valence-electron chi connectivity index (χ1n) is 8.01. The van der Waals surface area contributed by atoms with Gasteiger partial charge < -0.3 is 4.90 Å². The van der Waals surface area contributed by atoms with Crippen LogP contribution >= 0.6 is 11.6 Å². The Kier molecular flexibility index (Phi) is 37.4. The van der Waals surface area contributed by atoms with Crippen molar-refractivity contribution in [1.82, 2.24) is 4.90 Å². The fourth-order valence-corrected chi connectivity index (χ4v) is 0.910. The third kappa shape index (κ3) is 22.6. The summed E-state index contributed by atoms with van der Waals surface area (Å²) in [6.45, 7) is 20.6. The molecule has 0 radical (unpaired) electrons. The van der Waals surface area contributed by atoms with Gasteiger partial charge in [0.2, 0.25) is 0 Å². The molecule has 0 spiro atoms. The van der Waals surface area contributed by atoms with Crippen LogP contribution in [0.3, 0.4) is 0 Å². The molecule has 0 aliphatic heterocycles. The largest absolute Gasteiger partial charge is 0.307 e. The molecule has 2 heteroatoms. The van der Waals surface area contributed by atoms with E-state index in [1.807, 2.05) is 72.7 Å². The van der Waals surface area contributed by atoms with E-state index in [1.54, 1.807) is 0 Å². The topological polar surface area (TPSA) is 3.24 Å². The molecule has 1 aromatic carbocycles. The smallest absolute Gasteiger partial charge is 0.0435 e. The van der Waals surface area contributed by atoms with E-state index in [4.69, 9.17) is 11.6 Å². The van der Waals surface area contributed by atoms with Gasteiger partial charge in [-0.25, -0.2) is 0 Å². The van der Waals surface area contributed by atoms with Crippen molar-refractivity contribution in [3.05, 3.63) is 34.9 Å². The van der Waals surface area contributed by atoms with Crippen LogP contribution in [0.5, 0.6) is 0 Å². The summed E-state index contributed by atoms with van der Waals surface area (Å²) in [5.74, 6) is 0. The van der Waals surface area contributed by atoms with Crippen LogP contribution < -0.4 is 0 Å². The molecular weight excluding hydrogens is 266 g/mol. The number of nitrogens with zero attached hydrogens (tertiary/aromatic N) is 1. The number of halogens is 1. The van der Waals surface area contributed by atoms with E-state index >= 15 is 0 Å². The first-order chi connectivity index (χ1) is 9.61. The summed E-state index contributed by atoms with van der Waals surface area (Å²) in [5.41, 5.74) is 1.13. The van der Waals surface area contributed by atoms with Crippen molar-refractivity contribution in [3.63, 3.8) is 0 Å². The molecule has 0 saturated heterocycles. The molecule has 0 atom stereocenters. The summed E-state index contributed by atoms with van der Waals surface area (Å²) in [6, 6.07) is 7.77. The molecule has 1 rings (SSSR count). The summed E-state index contributed by atoms with van der Waals surface area (Å²) in [5, 5.41) is 0.840. The summed E-state index contributed by atoms with van der Waals surface area (Å²) < 4.78 is 0. The number of rotatable bonds is 2. The summed E-state index contributed by atoms with van der Waals surface area (Å²) in [4.78, 5) is 2.25. The Hall–Kier alpha value is -0.530. The number of hydrogen-bond donors (Lipinski definition) is 0. The van der Waals surface area contributed by atoms with E-state index in [2.05, 4.69) is 25.8 Å². The Bertz CT molecular complexity index is 224. The second-order valence-electron chi connectivity index (χ2n) is 3.24. The van der Waals surface area contributed by atoms with Crippen LogP contribution in [0.15, 0.2) is 24.3 Å². The van der Waals surface area contributed by atoms with Crippen molar-refractivity contribution in [3.8, 4) is 0 Å². The Morgan fingerprint density at radius 1 is 0.850 bits per heavy atom. The minimum Gasteiger partial charge on any atom is -0.307 e. The van der Waals surface area contributed by atoms with Crippen molar-refractivity contribution < 1.29 is 0 Å². The van der Waals surface area contributed by atoms with E-state index in [-0.39, 0.29) is 0 Å². The molecule has 0 fully saturated rings. The van der Waals surface area contributed by atoms with Crippen molar-refractivity contribution in [1.29, 1.82) is 0 Å². The monoisotopic (exact) mass is 303 g/mol. The molecule has 0 amide bonds.